The summed E-state index contributed by atoms with van der Waals surface area (Å²) in [4.78, 5) is 29.1. The van der Waals surface area contributed by atoms with Gasteiger partial charge in [0.2, 0.25) is 11.8 Å². The molecule has 1 N–H and O–H groups in total. The van der Waals surface area contributed by atoms with E-state index in [2.05, 4.69) is 15.3 Å². The van der Waals surface area contributed by atoms with Gasteiger partial charge >= 0.3 is 0 Å². The Bertz CT molecular complexity index is 921. The molecule has 2 heterocycles. The highest BCUT2D eigenvalue weighted by atomic mass is 16.5. The zero-order chi connectivity index (χ0) is 21.8. The van der Waals surface area contributed by atoms with Gasteiger partial charge < -0.3 is 15.0 Å². The maximum absolute atomic E-state index is 12.8. The van der Waals surface area contributed by atoms with Gasteiger partial charge in [-0.2, -0.15) is 5.10 Å². The van der Waals surface area contributed by atoms with Gasteiger partial charge in [0.05, 0.1) is 31.9 Å². The van der Waals surface area contributed by atoms with Crippen molar-refractivity contribution in [2.45, 2.75) is 44.7 Å². The molecule has 0 spiro atoms. The van der Waals surface area contributed by atoms with E-state index < -0.39 is 0 Å². The number of rotatable bonds is 6. The maximum atomic E-state index is 12.8. The van der Waals surface area contributed by atoms with Crippen LogP contribution in [0.2, 0.25) is 0 Å². The number of ether oxygens (including phenoxy) is 1. The van der Waals surface area contributed by atoms with Crippen molar-refractivity contribution in [3.8, 4) is 5.75 Å². The van der Waals surface area contributed by atoms with Crippen molar-refractivity contribution in [2.75, 3.05) is 38.6 Å². The molecule has 1 saturated carbocycles. The van der Waals surface area contributed by atoms with Gasteiger partial charge in [-0.15, -0.1) is 0 Å². The van der Waals surface area contributed by atoms with E-state index in [9.17, 15) is 9.59 Å². The van der Waals surface area contributed by atoms with Crippen LogP contribution in [0, 0.1) is 0 Å². The highest BCUT2D eigenvalue weighted by Gasteiger charge is 2.32. The molecule has 0 radical (unpaired) electrons. The van der Waals surface area contributed by atoms with Gasteiger partial charge in [-0.1, -0.05) is 31.0 Å². The lowest BCUT2D eigenvalue weighted by Gasteiger charge is -2.41. The standard InChI is InChI=1S/C23H31N5O3/c1-17(29)27-14-13-26(15-20(27)19-9-5-6-10-21(19)31-2)16-23(30)25-22-11-12-24-28(22)18-7-3-4-8-18/h5-6,9-12,18,20H,3-4,7-8,13-16H2,1-2H3,(H,25,30). The van der Waals surface area contributed by atoms with Crippen LogP contribution in [0.3, 0.4) is 0 Å². The summed E-state index contributed by atoms with van der Waals surface area (Å²) in [6, 6.07) is 9.85. The number of nitrogens with zero attached hydrogens (tertiary/aromatic N) is 4. The van der Waals surface area contributed by atoms with Crippen LogP contribution in [0.5, 0.6) is 5.75 Å². The summed E-state index contributed by atoms with van der Waals surface area (Å²) in [5.74, 6) is 1.49. The number of para-hydroxylation sites is 1. The van der Waals surface area contributed by atoms with E-state index in [0.29, 0.717) is 25.7 Å². The minimum absolute atomic E-state index is 0.0282. The molecule has 166 valence electrons. The van der Waals surface area contributed by atoms with Crippen LogP contribution in [-0.2, 0) is 9.59 Å². The van der Waals surface area contributed by atoms with Gasteiger partial charge in [-0.25, -0.2) is 4.68 Å². The molecule has 8 heteroatoms. The van der Waals surface area contributed by atoms with E-state index in [1.807, 2.05) is 39.9 Å². The Kier molecular flexibility index (Phi) is 6.56. The Morgan fingerprint density at radius 3 is 2.68 bits per heavy atom. The molecule has 1 aromatic carbocycles. The Morgan fingerprint density at radius 1 is 1.16 bits per heavy atom. The molecule has 2 amide bonds. The van der Waals surface area contributed by atoms with Crippen LogP contribution in [-0.4, -0.2) is 64.7 Å². The molecule has 2 fully saturated rings. The highest BCUT2D eigenvalue weighted by molar-refractivity contribution is 5.91. The lowest BCUT2D eigenvalue weighted by atomic mass is 10.0. The largest absolute Gasteiger partial charge is 0.496 e. The third-order valence-electron chi connectivity index (χ3n) is 6.34. The Morgan fingerprint density at radius 2 is 1.94 bits per heavy atom. The molecule has 1 saturated heterocycles. The first-order valence-electron chi connectivity index (χ1n) is 11.0. The number of hydrogen-bond acceptors (Lipinski definition) is 5. The van der Waals surface area contributed by atoms with Crippen molar-refractivity contribution in [1.82, 2.24) is 19.6 Å². The molecule has 8 nitrogen and oxygen atoms in total. The third kappa shape index (κ3) is 4.74. The third-order valence-corrected chi connectivity index (χ3v) is 6.34. The molecule has 1 aromatic heterocycles. The normalized spacial score (nSPS) is 20.1. The Hall–Kier alpha value is -2.87. The van der Waals surface area contributed by atoms with E-state index in [1.165, 1.54) is 12.8 Å². The first kappa shape index (κ1) is 21.4. The number of anilines is 1. The van der Waals surface area contributed by atoms with E-state index in [-0.39, 0.29) is 24.4 Å². The number of hydrogen-bond donors (Lipinski definition) is 1. The average Bonchev–Trinajstić information content (AvgIpc) is 3.45. The van der Waals surface area contributed by atoms with Gasteiger partial charge in [0.15, 0.2) is 0 Å². The highest BCUT2D eigenvalue weighted by Crippen LogP contribution is 2.33. The zero-order valence-electron chi connectivity index (χ0n) is 18.3. The predicted molar refractivity (Wildman–Crippen MR) is 118 cm³/mol. The van der Waals surface area contributed by atoms with E-state index in [4.69, 9.17) is 4.74 Å². The lowest BCUT2D eigenvalue weighted by molar-refractivity contribution is -0.134. The second kappa shape index (κ2) is 9.51. The summed E-state index contributed by atoms with van der Waals surface area (Å²) >= 11 is 0. The molecule has 2 aliphatic rings. The van der Waals surface area contributed by atoms with Crippen molar-refractivity contribution in [3.63, 3.8) is 0 Å². The molecular weight excluding hydrogens is 394 g/mol. The molecule has 0 bridgehead atoms. The number of carbonyl (C=O) groups excluding carboxylic acids is 2. The van der Waals surface area contributed by atoms with Crippen molar-refractivity contribution in [2.24, 2.45) is 0 Å². The van der Waals surface area contributed by atoms with Crippen LogP contribution in [0.1, 0.15) is 50.3 Å². The quantitative estimate of drug-likeness (QED) is 0.770. The SMILES string of the molecule is COc1ccccc1C1CN(CC(=O)Nc2ccnn2C2CCCC2)CCN1C(C)=O. The van der Waals surface area contributed by atoms with E-state index in [1.54, 1.807) is 20.2 Å². The van der Waals surface area contributed by atoms with Crippen LogP contribution in [0.25, 0.3) is 0 Å². The summed E-state index contributed by atoms with van der Waals surface area (Å²) < 4.78 is 7.48. The number of piperazine rings is 1. The molecule has 31 heavy (non-hydrogen) atoms. The van der Waals surface area contributed by atoms with Crippen LogP contribution in [0.15, 0.2) is 36.5 Å². The van der Waals surface area contributed by atoms with Gasteiger partial charge in [0, 0.05) is 38.2 Å². The average molecular weight is 426 g/mol. The minimum Gasteiger partial charge on any atom is -0.496 e. The molecule has 1 aliphatic carbocycles. The van der Waals surface area contributed by atoms with Crippen LogP contribution >= 0.6 is 0 Å². The molecule has 1 atom stereocenters. The van der Waals surface area contributed by atoms with E-state index >= 15 is 0 Å². The first-order valence-corrected chi connectivity index (χ1v) is 11.0. The summed E-state index contributed by atoms with van der Waals surface area (Å²) in [6.45, 7) is 3.67. The molecule has 4 rings (SSSR count). The van der Waals surface area contributed by atoms with Gasteiger partial charge in [-0.3, -0.25) is 14.5 Å². The summed E-state index contributed by atoms with van der Waals surface area (Å²) in [6.07, 6.45) is 6.39. The van der Waals surface area contributed by atoms with Gasteiger partial charge in [-0.05, 0) is 18.9 Å². The van der Waals surface area contributed by atoms with Crippen LogP contribution < -0.4 is 10.1 Å². The van der Waals surface area contributed by atoms with Crippen LogP contribution in [0.4, 0.5) is 5.82 Å². The number of benzene rings is 1. The second-order valence-electron chi connectivity index (χ2n) is 8.35. The molecule has 2 aromatic rings. The van der Waals surface area contributed by atoms with Crippen molar-refractivity contribution in [3.05, 3.63) is 42.1 Å². The first-order chi connectivity index (χ1) is 15.1. The molecular formula is C23H31N5O3. The lowest BCUT2D eigenvalue weighted by Crippen LogP contribution is -2.51. The van der Waals surface area contributed by atoms with E-state index in [0.717, 1.165) is 30.0 Å². The van der Waals surface area contributed by atoms with Crippen molar-refractivity contribution < 1.29 is 14.3 Å². The van der Waals surface area contributed by atoms with Crippen molar-refractivity contribution >= 4 is 17.6 Å². The number of methoxy groups -OCH3 is 1. The summed E-state index contributed by atoms with van der Waals surface area (Å²) in [5.41, 5.74) is 0.963. The number of amides is 2. The minimum atomic E-state index is -0.154. The maximum Gasteiger partial charge on any atom is 0.239 e. The fraction of sp³-hybridized carbons (Fsp3) is 0.522. The number of nitrogens with one attached hydrogen (secondary N) is 1. The fourth-order valence-corrected chi connectivity index (χ4v) is 4.81. The predicted octanol–water partition coefficient (Wildman–Crippen LogP) is 2.85. The van der Waals surface area contributed by atoms with Gasteiger partial charge in [0.1, 0.15) is 11.6 Å². The Balaban J connectivity index is 1.44. The Labute approximate surface area is 183 Å². The number of aromatic nitrogens is 2. The van der Waals surface area contributed by atoms with Gasteiger partial charge in [0.25, 0.3) is 0 Å². The summed E-state index contributed by atoms with van der Waals surface area (Å²) in [5, 5.41) is 7.47. The second-order valence-corrected chi connectivity index (χ2v) is 8.35. The number of carbonyl (C=O) groups is 2. The summed E-state index contributed by atoms with van der Waals surface area (Å²) in [7, 11) is 1.64. The molecule has 1 aliphatic heterocycles. The smallest absolute Gasteiger partial charge is 0.239 e. The fourth-order valence-electron chi connectivity index (χ4n) is 4.81. The zero-order valence-corrected chi connectivity index (χ0v) is 18.3. The topological polar surface area (TPSA) is 79.7 Å². The van der Waals surface area contributed by atoms with Crippen molar-refractivity contribution in [1.29, 1.82) is 0 Å². The monoisotopic (exact) mass is 425 g/mol. The molecule has 1 unspecified atom stereocenters.